The Morgan fingerprint density at radius 3 is 1.72 bits per heavy atom. The summed E-state index contributed by atoms with van der Waals surface area (Å²) in [5.41, 5.74) is 0.427. The van der Waals surface area contributed by atoms with Crippen LogP contribution in [0.2, 0.25) is 6.04 Å². The maximum absolute atomic E-state index is 11.9. The summed E-state index contributed by atoms with van der Waals surface area (Å²) in [5.74, 6) is -0.329. The second-order valence-electron chi connectivity index (χ2n) is 6.36. The van der Waals surface area contributed by atoms with E-state index in [2.05, 4.69) is 34.3 Å². The van der Waals surface area contributed by atoms with Gasteiger partial charge in [0.15, 0.2) is 0 Å². The van der Waals surface area contributed by atoms with Crippen molar-refractivity contribution in [2.45, 2.75) is 85.3 Å². The van der Waals surface area contributed by atoms with Gasteiger partial charge in [0.25, 0.3) is 0 Å². The third kappa shape index (κ3) is 10.8. The molecule has 5 nitrogen and oxygen atoms in total. The molecule has 1 atom stereocenters. The Morgan fingerprint density at radius 1 is 0.880 bits per heavy atom. The van der Waals surface area contributed by atoms with E-state index in [9.17, 15) is 4.79 Å². The zero-order chi connectivity index (χ0) is 19.1. The molecule has 0 aromatic rings. The first kappa shape index (κ1) is 24.3. The fraction of sp³-hybridized carbons (Fsp3) is 0.842. The second kappa shape index (κ2) is 14.5. The van der Waals surface area contributed by atoms with Crippen molar-refractivity contribution >= 4 is 14.8 Å². The standard InChI is InChI=1S/C19H38O5Si/c1-7-11-18(24-19(20)17(5)6)12-16-25(21-13-8-2,22-14-9-3)23-15-10-4/h18H,5,7-16H2,1-4,6H3. The molecule has 0 saturated heterocycles. The van der Waals surface area contributed by atoms with Gasteiger partial charge in [0.1, 0.15) is 6.10 Å². The molecular weight excluding hydrogens is 336 g/mol. The van der Waals surface area contributed by atoms with Gasteiger partial charge < -0.3 is 18.0 Å². The van der Waals surface area contributed by atoms with Crippen molar-refractivity contribution in [1.82, 2.24) is 0 Å². The highest BCUT2D eigenvalue weighted by Crippen LogP contribution is 2.23. The third-order valence-electron chi connectivity index (χ3n) is 3.58. The first-order valence-corrected chi connectivity index (χ1v) is 11.7. The van der Waals surface area contributed by atoms with E-state index in [1.54, 1.807) is 6.92 Å². The molecule has 0 aromatic carbocycles. The summed E-state index contributed by atoms with van der Waals surface area (Å²) in [4.78, 5) is 11.9. The second-order valence-corrected chi connectivity index (χ2v) is 9.10. The summed E-state index contributed by atoms with van der Waals surface area (Å²) in [6.45, 7) is 15.5. The van der Waals surface area contributed by atoms with Gasteiger partial charge in [-0.25, -0.2) is 4.79 Å². The van der Waals surface area contributed by atoms with E-state index in [1.807, 2.05) is 0 Å². The van der Waals surface area contributed by atoms with Crippen LogP contribution in [0.4, 0.5) is 0 Å². The summed E-state index contributed by atoms with van der Waals surface area (Å²) >= 11 is 0. The molecule has 0 aliphatic carbocycles. The molecule has 0 aliphatic heterocycles. The highest BCUT2D eigenvalue weighted by molar-refractivity contribution is 6.60. The fourth-order valence-electron chi connectivity index (χ4n) is 2.29. The van der Waals surface area contributed by atoms with Crippen LogP contribution in [0.1, 0.15) is 73.1 Å². The van der Waals surface area contributed by atoms with E-state index in [-0.39, 0.29) is 12.1 Å². The lowest BCUT2D eigenvalue weighted by Gasteiger charge is -2.31. The quantitative estimate of drug-likeness (QED) is 0.219. The highest BCUT2D eigenvalue weighted by Gasteiger charge is 2.41. The van der Waals surface area contributed by atoms with Gasteiger partial charge in [-0.3, -0.25) is 0 Å². The molecule has 0 amide bonds. The number of ether oxygens (including phenoxy) is 1. The minimum absolute atomic E-state index is 0.151. The van der Waals surface area contributed by atoms with Gasteiger partial charge in [-0.2, -0.15) is 0 Å². The fourth-order valence-corrected chi connectivity index (χ4v) is 5.19. The van der Waals surface area contributed by atoms with Crippen LogP contribution in [0.5, 0.6) is 0 Å². The molecule has 6 heteroatoms. The van der Waals surface area contributed by atoms with Crippen LogP contribution in [0.15, 0.2) is 12.2 Å². The zero-order valence-electron chi connectivity index (χ0n) is 16.9. The average Bonchev–Trinajstić information content (AvgIpc) is 2.60. The van der Waals surface area contributed by atoms with E-state index >= 15 is 0 Å². The number of rotatable bonds is 16. The van der Waals surface area contributed by atoms with Crippen molar-refractivity contribution < 1.29 is 22.8 Å². The molecule has 25 heavy (non-hydrogen) atoms. The Kier molecular flexibility index (Phi) is 14.1. The van der Waals surface area contributed by atoms with Gasteiger partial charge in [-0.1, -0.05) is 40.7 Å². The van der Waals surface area contributed by atoms with E-state index in [0.29, 0.717) is 37.9 Å². The maximum atomic E-state index is 11.9. The van der Waals surface area contributed by atoms with Gasteiger partial charge in [0.05, 0.1) is 0 Å². The molecule has 0 fully saturated rings. The Bertz CT molecular complexity index is 351. The molecule has 0 bridgehead atoms. The Balaban J connectivity index is 4.99. The van der Waals surface area contributed by atoms with Crippen molar-refractivity contribution in [1.29, 1.82) is 0 Å². The first-order valence-electron chi connectivity index (χ1n) is 9.72. The molecule has 0 aliphatic rings. The van der Waals surface area contributed by atoms with Crippen molar-refractivity contribution in [3.05, 3.63) is 12.2 Å². The molecule has 0 radical (unpaired) electrons. The lowest BCUT2D eigenvalue weighted by atomic mass is 10.1. The van der Waals surface area contributed by atoms with Gasteiger partial charge in [0, 0.05) is 31.4 Å². The zero-order valence-corrected chi connectivity index (χ0v) is 17.9. The smallest absolute Gasteiger partial charge is 0.459 e. The number of hydrogen-bond acceptors (Lipinski definition) is 5. The van der Waals surface area contributed by atoms with Crippen LogP contribution in [0.25, 0.3) is 0 Å². The molecule has 148 valence electrons. The number of carbonyl (C=O) groups is 1. The van der Waals surface area contributed by atoms with Crippen molar-refractivity contribution in [3.63, 3.8) is 0 Å². The molecule has 0 rings (SSSR count). The van der Waals surface area contributed by atoms with Gasteiger partial charge in [-0.05, 0) is 39.0 Å². The van der Waals surface area contributed by atoms with Crippen LogP contribution < -0.4 is 0 Å². The summed E-state index contributed by atoms with van der Waals surface area (Å²) in [6, 6.07) is 0.668. The Hall–Kier alpha value is -0.693. The minimum Gasteiger partial charge on any atom is -0.459 e. The summed E-state index contributed by atoms with van der Waals surface area (Å²) in [7, 11) is -2.74. The minimum atomic E-state index is -2.74. The van der Waals surface area contributed by atoms with Gasteiger partial charge >= 0.3 is 14.8 Å². The van der Waals surface area contributed by atoms with Crippen LogP contribution in [0, 0.1) is 0 Å². The Morgan fingerprint density at radius 2 is 1.36 bits per heavy atom. The number of esters is 1. The SMILES string of the molecule is C=C(C)C(=O)OC(CCC)CC[Si](OCCC)(OCCC)OCCC. The average molecular weight is 375 g/mol. The molecular formula is C19H38O5Si. The molecule has 0 saturated carbocycles. The Labute approximate surface area is 155 Å². The van der Waals surface area contributed by atoms with Gasteiger partial charge in [-0.15, -0.1) is 0 Å². The molecule has 0 spiro atoms. The normalized spacial score (nSPS) is 12.8. The van der Waals surface area contributed by atoms with Gasteiger partial charge in [0.2, 0.25) is 0 Å². The van der Waals surface area contributed by atoms with E-state index in [0.717, 1.165) is 32.1 Å². The molecule has 0 aromatic heterocycles. The first-order chi connectivity index (χ1) is 11.9. The van der Waals surface area contributed by atoms with Crippen LogP contribution in [-0.2, 0) is 22.8 Å². The van der Waals surface area contributed by atoms with Crippen molar-refractivity contribution in [2.75, 3.05) is 19.8 Å². The lowest BCUT2D eigenvalue weighted by molar-refractivity contribution is -0.144. The number of carbonyl (C=O) groups excluding carboxylic acids is 1. The van der Waals surface area contributed by atoms with E-state index in [1.165, 1.54) is 0 Å². The topological polar surface area (TPSA) is 54.0 Å². The predicted molar refractivity (Wildman–Crippen MR) is 104 cm³/mol. The predicted octanol–water partition coefficient (Wildman–Crippen LogP) is 4.88. The summed E-state index contributed by atoms with van der Waals surface area (Å²) in [5, 5.41) is 0. The lowest BCUT2D eigenvalue weighted by Crippen LogP contribution is -2.47. The van der Waals surface area contributed by atoms with Crippen LogP contribution in [-0.4, -0.2) is 40.7 Å². The van der Waals surface area contributed by atoms with Crippen molar-refractivity contribution in [3.8, 4) is 0 Å². The van der Waals surface area contributed by atoms with Crippen molar-refractivity contribution in [2.24, 2.45) is 0 Å². The number of hydrogen-bond donors (Lipinski definition) is 0. The molecule has 1 unspecified atom stereocenters. The molecule has 0 N–H and O–H groups in total. The maximum Gasteiger partial charge on any atom is 0.501 e. The summed E-state index contributed by atoms with van der Waals surface area (Å²) in [6.07, 6.45) is 5.06. The largest absolute Gasteiger partial charge is 0.501 e. The van der Waals surface area contributed by atoms with Crippen LogP contribution >= 0.6 is 0 Å². The monoisotopic (exact) mass is 374 g/mol. The third-order valence-corrected chi connectivity index (χ3v) is 6.42. The van der Waals surface area contributed by atoms with E-state index < -0.39 is 8.80 Å². The van der Waals surface area contributed by atoms with E-state index in [4.69, 9.17) is 18.0 Å². The highest BCUT2D eigenvalue weighted by atomic mass is 28.4. The summed E-state index contributed by atoms with van der Waals surface area (Å²) < 4.78 is 23.9. The molecule has 0 heterocycles. The van der Waals surface area contributed by atoms with Crippen LogP contribution in [0.3, 0.4) is 0 Å².